The standard InChI is InChI=1S/C11H12ClNO3/c1-3-11(2,10(12)14)8-4-6-9(7-5-8)13(15)16/h4-7H,3H2,1-2H3. The molecule has 1 rings (SSSR count). The molecule has 1 atom stereocenters. The van der Waals surface area contributed by atoms with E-state index in [0.29, 0.717) is 12.0 Å². The summed E-state index contributed by atoms with van der Waals surface area (Å²) in [6.45, 7) is 3.57. The maximum atomic E-state index is 11.3. The average Bonchev–Trinajstić information content (AvgIpc) is 2.27. The van der Waals surface area contributed by atoms with Crippen molar-refractivity contribution < 1.29 is 9.72 Å². The second-order valence-electron chi connectivity index (χ2n) is 3.76. The largest absolute Gasteiger partial charge is 0.280 e. The SMILES string of the molecule is CCC(C)(C(=O)Cl)c1ccc([N+](=O)[O-])cc1. The Labute approximate surface area is 98.4 Å². The predicted octanol–water partition coefficient (Wildman–Crippen LogP) is 3.03. The Hall–Kier alpha value is -1.42. The Kier molecular flexibility index (Phi) is 3.65. The van der Waals surface area contributed by atoms with E-state index in [4.69, 9.17) is 11.6 Å². The van der Waals surface area contributed by atoms with Crippen LogP contribution in [-0.4, -0.2) is 10.2 Å². The van der Waals surface area contributed by atoms with Crippen LogP contribution in [0.3, 0.4) is 0 Å². The van der Waals surface area contributed by atoms with Crippen LogP contribution < -0.4 is 0 Å². The molecule has 0 fully saturated rings. The fourth-order valence-electron chi connectivity index (χ4n) is 1.41. The van der Waals surface area contributed by atoms with Gasteiger partial charge in [-0.25, -0.2) is 0 Å². The van der Waals surface area contributed by atoms with Crippen LogP contribution in [0.2, 0.25) is 0 Å². The van der Waals surface area contributed by atoms with Crippen LogP contribution in [0.1, 0.15) is 25.8 Å². The number of benzene rings is 1. The molecule has 0 amide bonds. The first kappa shape index (κ1) is 12.6. The summed E-state index contributed by atoms with van der Waals surface area (Å²) in [5, 5.41) is 10.0. The van der Waals surface area contributed by atoms with E-state index in [-0.39, 0.29) is 5.69 Å². The van der Waals surface area contributed by atoms with Gasteiger partial charge < -0.3 is 0 Å². The van der Waals surface area contributed by atoms with E-state index < -0.39 is 15.6 Å². The summed E-state index contributed by atoms with van der Waals surface area (Å²) in [5.41, 5.74) is -0.0822. The van der Waals surface area contributed by atoms with E-state index in [1.807, 2.05) is 6.92 Å². The Bertz CT molecular complexity index is 416. The third-order valence-electron chi connectivity index (χ3n) is 2.86. The highest BCUT2D eigenvalue weighted by Crippen LogP contribution is 2.31. The van der Waals surface area contributed by atoms with Crippen molar-refractivity contribution in [3.63, 3.8) is 0 Å². The molecule has 1 unspecified atom stereocenters. The molecule has 86 valence electrons. The summed E-state index contributed by atoms with van der Waals surface area (Å²) in [6.07, 6.45) is 0.549. The molecular formula is C11H12ClNO3. The highest BCUT2D eigenvalue weighted by Gasteiger charge is 2.32. The van der Waals surface area contributed by atoms with Crippen molar-refractivity contribution in [1.82, 2.24) is 0 Å². The molecule has 5 heteroatoms. The van der Waals surface area contributed by atoms with Crippen molar-refractivity contribution in [1.29, 1.82) is 0 Å². The van der Waals surface area contributed by atoms with E-state index >= 15 is 0 Å². The van der Waals surface area contributed by atoms with Crippen molar-refractivity contribution >= 4 is 22.5 Å². The highest BCUT2D eigenvalue weighted by atomic mass is 35.5. The van der Waals surface area contributed by atoms with Crippen molar-refractivity contribution in [2.24, 2.45) is 0 Å². The smallest absolute Gasteiger partial charge is 0.269 e. The summed E-state index contributed by atoms with van der Waals surface area (Å²) in [4.78, 5) is 21.3. The molecule has 16 heavy (non-hydrogen) atoms. The molecule has 0 bridgehead atoms. The zero-order valence-corrected chi connectivity index (χ0v) is 9.82. The zero-order chi connectivity index (χ0) is 12.3. The molecule has 0 saturated heterocycles. The minimum absolute atomic E-state index is 0.00391. The molecule has 0 aliphatic rings. The Balaban J connectivity index is 3.14. The number of non-ortho nitro benzene ring substituents is 1. The van der Waals surface area contributed by atoms with Gasteiger partial charge in [0, 0.05) is 12.1 Å². The lowest BCUT2D eigenvalue weighted by Gasteiger charge is -2.23. The van der Waals surface area contributed by atoms with E-state index in [1.165, 1.54) is 12.1 Å². The summed E-state index contributed by atoms with van der Waals surface area (Å²) < 4.78 is 0. The lowest BCUT2D eigenvalue weighted by molar-refractivity contribution is -0.384. The van der Waals surface area contributed by atoms with Crippen LogP contribution in [0, 0.1) is 10.1 Å². The van der Waals surface area contributed by atoms with Crippen LogP contribution in [-0.2, 0) is 10.2 Å². The number of carbonyl (C=O) groups excluding carboxylic acids is 1. The second kappa shape index (κ2) is 4.61. The first-order valence-electron chi connectivity index (χ1n) is 4.86. The number of hydrogen-bond acceptors (Lipinski definition) is 3. The van der Waals surface area contributed by atoms with Crippen LogP contribution in [0.25, 0.3) is 0 Å². The summed E-state index contributed by atoms with van der Waals surface area (Å²) in [7, 11) is 0. The maximum Gasteiger partial charge on any atom is 0.269 e. The van der Waals surface area contributed by atoms with Gasteiger partial charge >= 0.3 is 0 Å². The summed E-state index contributed by atoms with van der Waals surface area (Å²) in [6, 6.07) is 5.90. The van der Waals surface area contributed by atoms with Crippen LogP contribution in [0.4, 0.5) is 5.69 Å². The van der Waals surface area contributed by atoms with Gasteiger partial charge in [-0.2, -0.15) is 0 Å². The summed E-state index contributed by atoms with van der Waals surface area (Å²) in [5.74, 6) is 0. The fourth-order valence-corrected chi connectivity index (χ4v) is 1.65. The van der Waals surface area contributed by atoms with Crippen LogP contribution in [0.5, 0.6) is 0 Å². The Morgan fingerprint density at radius 3 is 2.25 bits per heavy atom. The van der Waals surface area contributed by atoms with Gasteiger partial charge in [0.25, 0.3) is 5.69 Å². The van der Waals surface area contributed by atoms with Crippen molar-refractivity contribution in [2.75, 3.05) is 0 Å². The number of nitro benzene ring substituents is 1. The van der Waals surface area contributed by atoms with Crippen molar-refractivity contribution in [3.05, 3.63) is 39.9 Å². The third kappa shape index (κ3) is 2.22. The van der Waals surface area contributed by atoms with E-state index in [2.05, 4.69) is 0 Å². The van der Waals surface area contributed by atoms with E-state index in [1.54, 1.807) is 19.1 Å². The van der Waals surface area contributed by atoms with Crippen molar-refractivity contribution in [3.8, 4) is 0 Å². The number of hydrogen-bond donors (Lipinski definition) is 0. The molecule has 0 aliphatic carbocycles. The molecular weight excluding hydrogens is 230 g/mol. The van der Waals surface area contributed by atoms with E-state index in [9.17, 15) is 14.9 Å². The maximum absolute atomic E-state index is 11.3. The van der Waals surface area contributed by atoms with Crippen molar-refractivity contribution in [2.45, 2.75) is 25.7 Å². The number of nitro groups is 1. The minimum atomic E-state index is -0.781. The first-order valence-corrected chi connectivity index (χ1v) is 5.24. The fraction of sp³-hybridized carbons (Fsp3) is 0.364. The number of nitrogens with zero attached hydrogens (tertiary/aromatic N) is 1. The topological polar surface area (TPSA) is 60.2 Å². The highest BCUT2D eigenvalue weighted by molar-refractivity contribution is 6.65. The molecule has 0 saturated carbocycles. The molecule has 1 aromatic rings. The number of rotatable bonds is 4. The first-order chi connectivity index (χ1) is 7.41. The molecule has 4 nitrogen and oxygen atoms in total. The van der Waals surface area contributed by atoms with Gasteiger partial charge in [0.1, 0.15) is 0 Å². The number of halogens is 1. The van der Waals surface area contributed by atoms with Gasteiger partial charge in [-0.1, -0.05) is 19.1 Å². The monoisotopic (exact) mass is 241 g/mol. The molecule has 0 aliphatic heterocycles. The van der Waals surface area contributed by atoms with Crippen LogP contribution >= 0.6 is 11.6 Å². The van der Waals surface area contributed by atoms with Gasteiger partial charge in [-0.05, 0) is 30.5 Å². The lowest BCUT2D eigenvalue weighted by atomic mass is 9.81. The second-order valence-corrected chi connectivity index (χ2v) is 4.11. The van der Waals surface area contributed by atoms with E-state index in [0.717, 1.165) is 0 Å². The Morgan fingerprint density at radius 1 is 1.44 bits per heavy atom. The third-order valence-corrected chi connectivity index (χ3v) is 3.27. The molecule has 1 aromatic carbocycles. The minimum Gasteiger partial charge on any atom is -0.280 e. The Morgan fingerprint density at radius 2 is 1.94 bits per heavy atom. The molecule has 0 spiro atoms. The van der Waals surface area contributed by atoms with Gasteiger partial charge in [-0.15, -0.1) is 0 Å². The summed E-state index contributed by atoms with van der Waals surface area (Å²) >= 11 is 5.55. The molecule has 0 aromatic heterocycles. The molecule has 0 N–H and O–H groups in total. The normalized spacial score (nSPS) is 14.2. The predicted molar refractivity (Wildman–Crippen MR) is 61.6 cm³/mol. The average molecular weight is 242 g/mol. The van der Waals surface area contributed by atoms with Crippen LogP contribution in [0.15, 0.2) is 24.3 Å². The molecule has 0 radical (unpaired) electrons. The lowest BCUT2D eigenvalue weighted by Crippen LogP contribution is -2.28. The van der Waals surface area contributed by atoms with Gasteiger partial charge in [0.15, 0.2) is 0 Å². The van der Waals surface area contributed by atoms with Gasteiger partial charge in [0.2, 0.25) is 5.24 Å². The van der Waals surface area contributed by atoms with Gasteiger partial charge in [-0.3, -0.25) is 14.9 Å². The number of carbonyl (C=O) groups is 1. The quantitative estimate of drug-likeness (QED) is 0.462. The zero-order valence-electron chi connectivity index (χ0n) is 9.07. The van der Waals surface area contributed by atoms with Gasteiger partial charge in [0.05, 0.1) is 10.3 Å². The molecule has 0 heterocycles.